The molecule has 1 aromatic heterocycles. The van der Waals surface area contributed by atoms with Crippen molar-refractivity contribution < 1.29 is 5.11 Å². The zero-order chi connectivity index (χ0) is 9.80. The summed E-state index contributed by atoms with van der Waals surface area (Å²) in [5.41, 5.74) is 1.16. The van der Waals surface area contributed by atoms with Crippen LogP contribution in [0.1, 0.15) is 18.4 Å². The number of aliphatic hydroxyl groups is 1. The second-order valence-corrected chi connectivity index (χ2v) is 3.90. The van der Waals surface area contributed by atoms with Crippen LogP contribution in [0.5, 0.6) is 0 Å². The molecule has 1 unspecified atom stereocenters. The Kier molecular flexibility index (Phi) is 3.11. The number of hydrogen-bond donors (Lipinski definition) is 2. The predicted molar refractivity (Wildman–Crippen MR) is 54.7 cm³/mol. The van der Waals surface area contributed by atoms with Gasteiger partial charge in [-0.15, -0.1) is 0 Å². The molecule has 1 aromatic rings. The van der Waals surface area contributed by atoms with E-state index in [0.29, 0.717) is 12.5 Å². The summed E-state index contributed by atoms with van der Waals surface area (Å²) in [6, 6.07) is 3.96. The van der Waals surface area contributed by atoms with Crippen LogP contribution in [-0.4, -0.2) is 22.7 Å². The molecule has 2 rings (SSSR count). The lowest BCUT2D eigenvalue weighted by Crippen LogP contribution is -2.27. The topological polar surface area (TPSA) is 45.1 Å². The number of hydrogen-bond acceptors (Lipinski definition) is 3. The molecule has 1 atom stereocenters. The first-order valence-corrected chi connectivity index (χ1v) is 5.14. The summed E-state index contributed by atoms with van der Waals surface area (Å²) in [6.45, 7) is 1.48. The van der Waals surface area contributed by atoms with Gasteiger partial charge in [0.1, 0.15) is 0 Å². The van der Waals surface area contributed by atoms with Gasteiger partial charge in [-0.1, -0.05) is 6.07 Å². The summed E-state index contributed by atoms with van der Waals surface area (Å²) >= 11 is 0. The second-order valence-electron chi connectivity index (χ2n) is 3.90. The van der Waals surface area contributed by atoms with E-state index < -0.39 is 0 Å². The lowest BCUT2D eigenvalue weighted by molar-refractivity contribution is 0.148. The van der Waals surface area contributed by atoms with Gasteiger partial charge in [-0.25, -0.2) is 0 Å². The molecule has 0 saturated heterocycles. The molecule has 76 valence electrons. The maximum atomic E-state index is 9.59. The third-order valence-corrected chi connectivity index (χ3v) is 2.57. The van der Waals surface area contributed by atoms with Crippen molar-refractivity contribution in [3.8, 4) is 0 Å². The van der Waals surface area contributed by atoms with E-state index in [0.717, 1.165) is 12.1 Å². The molecular weight excluding hydrogens is 176 g/mol. The van der Waals surface area contributed by atoms with Gasteiger partial charge < -0.3 is 10.4 Å². The van der Waals surface area contributed by atoms with Crippen molar-refractivity contribution in [1.82, 2.24) is 10.3 Å². The van der Waals surface area contributed by atoms with Crippen molar-refractivity contribution in [2.45, 2.75) is 25.5 Å². The Morgan fingerprint density at radius 3 is 3.07 bits per heavy atom. The fourth-order valence-electron chi connectivity index (χ4n) is 1.51. The third kappa shape index (κ3) is 2.79. The Labute approximate surface area is 84.2 Å². The van der Waals surface area contributed by atoms with Crippen LogP contribution in [-0.2, 0) is 6.54 Å². The standard InChI is InChI=1S/C11H16N2O/c14-11(10-3-4-10)8-13-7-9-2-1-5-12-6-9/h1-2,5-6,10-11,13-14H,3-4,7-8H2. The quantitative estimate of drug-likeness (QED) is 0.730. The summed E-state index contributed by atoms with van der Waals surface area (Å²) in [5, 5.41) is 12.8. The van der Waals surface area contributed by atoms with Crippen molar-refractivity contribution >= 4 is 0 Å². The molecule has 1 aliphatic carbocycles. The minimum Gasteiger partial charge on any atom is -0.392 e. The fourth-order valence-corrected chi connectivity index (χ4v) is 1.51. The van der Waals surface area contributed by atoms with Crippen LogP contribution in [0.25, 0.3) is 0 Å². The van der Waals surface area contributed by atoms with Crippen LogP contribution in [0.4, 0.5) is 0 Å². The monoisotopic (exact) mass is 192 g/mol. The minimum atomic E-state index is -0.160. The van der Waals surface area contributed by atoms with E-state index in [9.17, 15) is 5.11 Å². The number of pyridine rings is 1. The highest BCUT2D eigenvalue weighted by molar-refractivity contribution is 5.07. The molecule has 0 radical (unpaired) electrons. The number of nitrogens with one attached hydrogen (secondary N) is 1. The number of aromatic nitrogens is 1. The highest BCUT2D eigenvalue weighted by atomic mass is 16.3. The van der Waals surface area contributed by atoms with Crippen molar-refractivity contribution in [3.63, 3.8) is 0 Å². The summed E-state index contributed by atoms with van der Waals surface area (Å²) in [5.74, 6) is 0.552. The molecule has 0 aliphatic heterocycles. The van der Waals surface area contributed by atoms with E-state index in [-0.39, 0.29) is 6.10 Å². The van der Waals surface area contributed by atoms with Crippen LogP contribution < -0.4 is 5.32 Å². The fraction of sp³-hybridized carbons (Fsp3) is 0.545. The van der Waals surface area contributed by atoms with Gasteiger partial charge in [-0.05, 0) is 30.4 Å². The summed E-state index contributed by atoms with van der Waals surface area (Å²) in [4.78, 5) is 4.03. The summed E-state index contributed by atoms with van der Waals surface area (Å²) in [6.07, 6.45) is 5.83. The lowest BCUT2D eigenvalue weighted by atomic mass is 10.2. The van der Waals surface area contributed by atoms with Gasteiger partial charge in [-0.2, -0.15) is 0 Å². The first-order chi connectivity index (χ1) is 6.86. The first-order valence-electron chi connectivity index (χ1n) is 5.14. The normalized spacial score (nSPS) is 18.1. The summed E-state index contributed by atoms with van der Waals surface area (Å²) in [7, 11) is 0. The van der Waals surface area contributed by atoms with Gasteiger partial charge in [0.25, 0.3) is 0 Å². The van der Waals surface area contributed by atoms with Gasteiger partial charge in [0.05, 0.1) is 6.10 Å². The Morgan fingerprint density at radius 1 is 1.57 bits per heavy atom. The van der Waals surface area contributed by atoms with E-state index in [1.54, 1.807) is 6.20 Å². The molecule has 1 aliphatic rings. The maximum Gasteiger partial charge on any atom is 0.0692 e. The largest absolute Gasteiger partial charge is 0.392 e. The molecule has 3 nitrogen and oxygen atoms in total. The Hall–Kier alpha value is -0.930. The predicted octanol–water partition coefficient (Wildman–Crippen LogP) is 0.942. The second kappa shape index (κ2) is 4.53. The molecule has 0 bridgehead atoms. The molecular formula is C11H16N2O. The lowest BCUT2D eigenvalue weighted by Gasteiger charge is -2.10. The van der Waals surface area contributed by atoms with Crippen molar-refractivity contribution in [2.75, 3.05) is 6.54 Å². The van der Waals surface area contributed by atoms with Gasteiger partial charge in [0.15, 0.2) is 0 Å². The van der Waals surface area contributed by atoms with E-state index in [4.69, 9.17) is 0 Å². The van der Waals surface area contributed by atoms with E-state index >= 15 is 0 Å². The Balaban J connectivity index is 1.67. The van der Waals surface area contributed by atoms with Gasteiger partial charge >= 0.3 is 0 Å². The van der Waals surface area contributed by atoms with Gasteiger partial charge in [0.2, 0.25) is 0 Å². The van der Waals surface area contributed by atoms with Crippen molar-refractivity contribution in [2.24, 2.45) is 5.92 Å². The molecule has 0 amide bonds. The van der Waals surface area contributed by atoms with Crippen LogP contribution in [0.15, 0.2) is 24.5 Å². The Bertz CT molecular complexity index is 272. The minimum absolute atomic E-state index is 0.160. The van der Waals surface area contributed by atoms with Crippen LogP contribution >= 0.6 is 0 Å². The SMILES string of the molecule is OC(CNCc1cccnc1)C1CC1. The maximum absolute atomic E-state index is 9.59. The third-order valence-electron chi connectivity index (χ3n) is 2.57. The zero-order valence-electron chi connectivity index (χ0n) is 8.19. The van der Waals surface area contributed by atoms with E-state index in [2.05, 4.69) is 10.3 Å². The van der Waals surface area contributed by atoms with Crippen molar-refractivity contribution in [1.29, 1.82) is 0 Å². The molecule has 14 heavy (non-hydrogen) atoms. The van der Waals surface area contributed by atoms with Gasteiger partial charge in [-0.3, -0.25) is 4.98 Å². The van der Waals surface area contributed by atoms with Crippen LogP contribution in [0, 0.1) is 5.92 Å². The molecule has 1 heterocycles. The van der Waals surface area contributed by atoms with Crippen molar-refractivity contribution in [3.05, 3.63) is 30.1 Å². The molecule has 3 heteroatoms. The van der Waals surface area contributed by atoms with E-state index in [1.165, 1.54) is 12.8 Å². The molecule has 1 fully saturated rings. The molecule has 0 aromatic carbocycles. The number of aliphatic hydroxyl groups excluding tert-OH is 1. The Morgan fingerprint density at radius 2 is 2.43 bits per heavy atom. The smallest absolute Gasteiger partial charge is 0.0692 e. The zero-order valence-corrected chi connectivity index (χ0v) is 8.19. The molecule has 0 spiro atoms. The highest BCUT2D eigenvalue weighted by Crippen LogP contribution is 2.32. The van der Waals surface area contributed by atoms with Crippen LogP contribution in [0.3, 0.4) is 0 Å². The first kappa shape index (κ1) is 9.62. The average molecular weight is 192 g/mol. The van der Waals surface area contributed by atoms with Gasteiger partial charge in [0, 0.05) is 25.5 Å². The molecule has 1 saturated carbocycles. The van der Waals surface area contributed by atoms with E-state index in [1.807, 2.05) is 18.3 Å². The van der Waals surface area contributed by atoms with Crippen LogP contribution in [0.2, 0.25) is 0 Å². The summed E-state index contributed by atoms with van der Waals surface area (Å²) < 4.78 is 0. The molecule has 2 N–H and O–H groups in total. The average Bonchev–Trinajstić information content (AvgIpc) is 3.02. The number of rotatable bonds is 5. The number of nitrogens with zero attached hydrogens (tertiary/aromatic N) is 1. The highest BCUT2D eigenvalue weighted by Gasteiger charge is 2.28.